The van der Waals surface area contributed by atoms with Gasteiger partial charge in [-0.15, -0.1) is 0 Å². The maximum atomic E-state index is 9.33. The zero-order valence-electron chi connectivity index (χ0n) is 13.9. The van der Waals surface area contributed by atoms with E-state index in [1.165, 1.54) is 21.9 Å². The molecule has 0 aliphatic rings. The number of rotatable bonds is 3. The van der Waals surface area contributed by atoms with Crippen molar-refractivity contribution >= 4 is 10.8 Å². The normalized spacial score (nSPS) is 11.7. The van der Waals surface area contributed by atoms with Crippen molar-refractivity contribution < 1.29 is 5.11 Å². The van der Waals surface area contributed by atoms with Gasteiger partial charge >= 0.3 is 0 Å². The molecule has 3 aromatic rings. The third-order valence-electron chi connectivity index (χ3n) is 3.99. The molecule has 0 saturated heterocycles. The van der Waals surface area contributed by atoms with Crippen LogP contribution in [0, 0.1) is 6.92 Å². The summed E-state index contributed by atoms with van der Waals surface area (Å²) in [4.78, 5) is 0. The lowest BCUT2D eigenvalue weighted by molar-refractivity contribution is 0.173. The number of benzene rings is 3. The predicted molar refractivity (Wildman–Crippen MR) is 98.3 cm³/mol. The van der Waals surface area contributed by atoms with Crippen molar-refractivity contribution in [1.82, 2.24) is 0 Å². The van der Waals surface area contributed by atoms with Crippen LogP contribution < -0.4 is 5.73 Å². The Morgan fingerprint density at radius 1 is 0.913 bits per heavy atom. The van der Waals surface area contributed by atoms with Gasteiger partial charge in [0.25, 0.3) is 0 Å². The molecule has 23 heavy (non-hydrogen) atoms. The fraction of sp³-hybridized carbons (Fsp3) is 0.238. The maximum Gasteiger partial charge on any atom is 0.0787 e. The zero-order chi connectivity index (χ0) is 16.7. The van der Waals surface area contributed by atoms with Gasteiger partial charge in [0.2, 0.25) is 0 Å². The molecule has 0 heterocycles. The Labute approximate surface area is 138 Å². The van der Waals surface area contributed by atoms with Crippen molar-refractivity contribution in [2.45, 2.75) is 32.9 Å². The fourth-order valence-corrected chi connectivity index (χ4v) is 2.70. The molecule has 0 spiro atoms. The van der Waals surface area contributed by atoms with Crippen molar-refractivity contribution in [3.05, 3.63) is 83.4 Å². The van der Waals surface area contributed by atoms with Gasteiger partial charge in [-0.25, -0.2) is 0 Å². The van der Waals surface area contributed by atoms with Crippen molar-refractivity contribution in [2.75, 3.05) is 0 Å². The Bertz CT molecular complexity index is 732. The molecule has 2 nitrogen and oxygen atoms in total. The summed E-state index contributed by atoms with van der Waals surface area (Å²) >= 11 is 0. The molecule has 0 aliphatic heterocycles. The number of nitrogens with two attached hydrogens (primary N) is 1. The summed E-state index contributed by atoms with van der Waals surface area (Å²) in [6.45, 7) is 4.71. The molecule has 3 N–H and O–H groups in total. The maximum absolute atomic E-state index is 9.33. The van der Waals surface area contributed by atoms with E-state index in [-0.39, 0.29) is 6.10 Å². The number of fused-ring (bicyclic) bond motifs is 1. The van der Waals surface area contributed by atoms with E-state index in [4.69, 9.17) is 5.73 Å². The number of aliphatic hydroxyl groups excluding tert-OH is 1. The molecule has 0 saturated carbocycles. The van der Waals surface area contributed by atoms with E-state index in [1.54, 1.807) is 0 Å². The van der Waals surface area contributed by atoms with Crippen LogP contribution in [-0.4, -0.2) is 5.11 Å². The monoisotopic (exact) mass is 307 g/mol. The van der Waals surface area contributed by atoms with E-state index < -0.39 is 0 Å². The fourth-order valence-electron chi connectivity index (χ4n) is 2.70. The van der Waals surface area contributed by atoms with Gasteiger partial charge in [-0.3, -0.25) is 0 Å². The van der Waals surface area contributed by atoms with Crippen molar-refractivity contribution in [1.29, 1.82) is 0 Å². The van der Waals surface area contributed by atoms with Crippen LogP contribution >= 0.6 is 0 Å². The Balaban J connectivity index is 0.000000174. The molecule has 3 rings (SSSR count). The standard InChI is InChI=1S/C12H13N.C9H12O/c1-9-4-2-5-10-6-3-7-11(8-13)12(9)10;1-2-9(10)8-6-4-3-5-7-8/h2-7H,8,13H2,1H3;3-7,9-10H,2H2,1H3. The first-order valence-electron chi connectivity index (χ1n) is 8.07. The molecule has 0 bridgehead atoms. The molecular formula is C21H25NO. The second-order valence-corrected chi connectivity index (χ2v) is 5.63. The van der Waals surface area contributed by atoms with Crippen molar-refractivity contribution in [2.24, 2.45) is 5.73 Å². The van der Waals surface area contributed by atoms with E-state index in [9.17, 15) is 5.11 Å². The molecular weight excluding hydrogens is 282 g/mol. The van der Waals surface area contributed by atoms with E-state index in [0.29, 0.717) is 6.54 Å². The molecule has 0 aliphatic carbocycles. The van der Waals surface area contributed by atoms with E-state index in [1.807, 2.05) is 37.3 Å². The van der Waals surface area contributed by atoms with Crippen molar-refractivity contribution in [3.63, 3.8) is 0 Å². The molecule has 2 heteroatoms. The van der Waals surface area contributed by atoms with Gasteiger partial charge in [0, 0.05) is 6.54 Å². The summed E-state index contributed by atoms with van der Waals surface area (Å²) in [6.07, 6.45) is 0.491. The Morgan fingerprint density at radius 2 is 1.57 bits per heavy atom. The SMILES string of the molecule is CCC(O)c1ccccc1.Cc1cccc2cccc(CN)c12. The molecule has 1 atom stereocenters. The predicted octanol–water partition coefficient (Wildman–Crippen LogP) is 4.74. The number of hydrogen-bond donors (Lipinski definition) is 2. The quantitative estimate of drug-likeness (QED) is 0.734. The largest absolute Gasteiger partial charge is 0.388 e. The van der Waals surface area contributed by atoms with Gasteiger partial charge in [0.15, 0.2) is 0 Å². The summed E-state index contributed by atoms with van der Waals surface area (Å²) in [5.41, 5.74) is 9.23. The van der Waals surface area contributed by atoms with Gasteiger partial charge in [-0.05, 0) is 40.8 Å². The lowest BCUT2D eigenvalue weighted by Gasteiger charge is -2.06. The molecule has 0 aromatic heterocycles. The minimum Gasteiger partial charge on any atom is -0.388 e. The Hall–Kier alpha value is -2.16. The first kappa shape index (κ1) is 17.2. The topological polar surface area (TPSA) is 46.2 Å². The van der Waals surface area contributed by atoms with E-state index >= 15 is 0 Å². The second kappa shape index (κ2) is 8.47. The van der Waals surface area contributed by atoms with Crippen molar-refractivity contribution in [3.8, 4) is 0 Å². The van der Waals surface area contributed by atoms with Gasteiger partial charge in [0.05, 0.1) is 6.10 Å². The Morgan fingerprint density at radius 3 is 2.17 bits per heavy atom. The lowest BCUT2D eigenvalue weighted by atomic mass is 10.0. The van der Waals surface area contributed by atoms with Gasteiger partial charge < -0.3 is 10.8 Å². The van der Waals surface area contributed by atoms with Gasteiger partial charge in [0.1, 0.15) is 0 Å². The summed E-state index contributed by atoms with van der Waals surface area (Å²) in [5.74, 6) is 0. The summed E-state index contributed by atoms with van der Waals surface area (Å²) < 4.78 is 0. The average Bonchev–Trinajstić information content (AvgIpc) is 2.62. The summed E-state index contributed by atoms with van der Waals surface area (Å²) in [5, 5.41) is 11.9. The van der Waals surface area contributed by atoms with Gasteiger partial charge in [-0.1, -0.05) is 73.7 Å². The molecule has 0 radical (unpaired) electrons. The third kappa shape index (κ3) is 4.41. The first-order valence-corrected chi connectivity index (χ1v) is 8.07. The molecule has 0 fully saturated rings. The highest BCUT2D eigenvalue weighted by Gasteiger charge is 2.01. The van der Waals surface area contributed by atoms with Crippen LogP contribution in [-0.2, 0) is 6.54 Å². The Kier molecular flexibility index (Phi) is 6.33. The number of aryl methyl sites for hydroxylation is 1. The highest BCUT2D eigenvalue weighted by molar-refractivity contribution is 5.88. The molecule has 3 aromatic carbocycles. The van der Waals surface area contributed by atoms with Crippen LogP contribution in [0.15, 0.2) is 66.7 Å². The molecule has 1 unspecified atom stereocenters. The highest BCUT2D eigenvalue weighted by Crippen LogP contribution is 2.21. The summed E-state index contributed by atoms with van der Waals surface area (Å²) in [7, 11) is 0. The van der Waals surface area contributed by atoms with Crippen LogP contribution in [0.3, 0.4) is 0 Å². The zero-order valence-corrected chi connectivity index (χ0v) is 13.9. The summed E-state index contributed by atoms with van der Waals surface area (Å²) in [6, 6.07) is 22.3. The lowest BCUT2D eigenvalue weighted by Crippen LogP contribution is -1.97. The average molecular weight is 307 g/mol. The van der Waals surface area contributed by atoms with Crippen LogP contribution in [0.5, 0.6) is 0 Å². The smallest absolute Gasteiger partial charge is 0.0787 e. The minimum atomic E-state index is -0.291. The number of hydrogen-bond acceptors (Lipinski definition) is 2. The van der Waals surface area contributed by atoms with E-state index in [0.717, 1.165) is 12.0 Å². The van der Waals surface area contributed by atoms with Crippen LogP contribution in [0.25, 0.3) is 10.8 Å². The van der Waals surface area contributed by atoms with Gasteiger partial charge in [-0.2, -0.15) is 0 Å². The highest BCUT2D eigenvalue weighted by atomic mass is 16.3. The number of aliphatic hydroxyl groups is 1. The molecule has 0 amide bonds. The van der Waals surface area contributed by atoms with Crippen LogP contribution in [0.1, 0.15) is 36.1 Å². The van der Waals surface area contributed by atoms with E-state index in [2.05, 4.69) is 43.3 Å². The third-order valence-corrected chi connectivity index (χ3v) is 3.99. The van der Waals surface area contributed by atoms with Crippen LogP contribution in [0.4, 0.5) is 0 Å². The minimum absolute atomic E-state index is 0.291. The van der Waals surface area contributed by atoms with Crippen LogP contribution in [0.2, 0.25) is 0 Å². The first-order chi connectivity index (χ1) is 11.2. The second-order valence-electron chi connectivity index (χ2n) is 5.63. The molecule has 120 valence electrons.